The van der Waals surface area contributed by atoms with Crippen LogP contribution in [-0.4, -0.2) is 55.1 Å². The largest absolute Gasteiger partial charge is 0.373 e. The Bertz CT molecular complexity index is 420. The summed E-state index contributed by atoms with van der Waals surface area (Å²) in [6, 6.07) is 0.545. The Kier molecular flexibility index (Phi) is 4.58. The van der Waals surface area contributed by atoms with Gasteiger partial charge in [0.2, 0.25) is 0 Å². The molecule has 2 heterocycles. The zero-order chi connectivity index (χ0) is 13.8. The smallest absolute Gasteiger partial charge is 0.137 e. The van der Waals surface area contributed by atoms with E-state index in [9.17, 15) is 0 Å². The highest BCUT2D eigenvalue weighted by Gasteiger charge is 2.24. The summed E-state index contributed by atoms with van der Waals surface area (Å²) in [5, 5.41) is 3.17. The van der Waals surface area contributed by atoms with E-state index in [-0.39, 0.29) is 0 Å². The predicted octanol–water partition coefficient (Wildman–Crippen LogP) is 1.61. The third kappa shape index (κ3) is 2.97. The van der Waals surface area contributed by atoms with Crippen LogP contribution in [0.1, 0.15) is 25.3 Å². The molecule has 0 saturated carbocycles. The van der Waals surface area contributed by atoms with Gasteiger partial charge in [-0.2, -0.15) is 0 Å². The first kappa shape index (κ1) is 14.1. The first-order valence-electron chi connectivity index (χ1n) is 7.10. The second-order valence-electron chi connectivity index (χ2n) is 5.30. The monoisotopic (exact) mass is 263 g/mol. The van der Waals surface area contributed by atoms with Gasteiger partial charge in [-0.1, -0.05) is 6.92 Å². The summed E-state index contributed by atoms with van der Waals surface area (Å²) in [5.41, 5.74) is 1.21. The van der Waals surface area contributed by atoms with Crippen LogP contribution in [0.3, 0.4) is 0 Å². The van der Waals surface area contributed by atoms with Gasteiger partial charge in [-0.3, -0.25) is 0 Å². The number of nitrogens with zero attached hydrogens (tertiary/aromatic N) is 4. The number of likely N-dealkylation sites (N-methyl/N-ethyl adjacent to an activating group) is 2. The molecule has 1 aromatic heterocycles. The molecular weight excluding hydrogens is 238 g/mol. The van der Waals surface area contributed by atoms with Crippen LogP contribution in [-0.2, 0) is 6.42 Å². The van der Waals surface area contributed by atoms with E-state index < -0.39 is 0 Å². The second-order valence-corrected chi connectivity index (χ2v) is 5.30. The maximum Gasteiger partial charge on any atom is 0.137 e. The fraction of sp³-hybridized carbons (Fsp3) is 0.714. The summed E-state index contributed by atoms with van der Waals surface area (Å²) in [6.07, 6.45) is 5.10. The quantitative estimate of drug-likeness (QED) is 0.894. The van der Waals surface area contributed by atoms with Crippen LogP contribution >= 0.6 is 0 Å². The fourth-order valence-electron chi connectivity index (χ4n) is 2.88. The van der Waals surface area contributed by atoms with Gasteiger partial charge in [-0.15, -0.1) is 0 Å². The molecule has 5 heteroatoms. The molecule has 1 unspecified atom stereocenters. The van der Waals surface area contributed by atoms with Crippen LogP contribution < -0.4 is 10.2 Å². The standard InChI is InChI=1S/C14H25N5/c1-5-12-13(15-2)16-10-17-14(12)19(4)11-7-6-8-18(3)9-11/h10-11H,5-9H2,1-4H3,(H,15,16,17). The number of aromatic nitrogens is 2. The molecule has 106 valence electrons. The first-order valence-corrected chi connectivity index (χ1v) is 7.10. The summed E-state index contributed by atoms with van der Waals surface area (Å²) >= 11 is 0. The number of anilines is 2. The SMILES string of the molecule is CCc1c(NC)ncnc1N(C)C1CCCN(C)C1. The number of likely N-dealkylation sites (tertiary alicyclic amines) is 1. The zero-order valence-corrected chi connectivity index (χ0v) is 12.5. The lowest BCUT2D eigenvalue weighted by Gasteiger charge is -2.37. The van der Waals surface area contributed by atoms with Crippen LogP contribution in [0.15, 0.2) is 6.33 Å². The highest BCUT2D eigenvalue weighted by Crippen LogP contribution is 2.26. The van der Waals surface area contributed by atoms with Gasteiger partial charge in [0.25, 0.3) is 0 Å². The highest BCUT2D eigenvalue weighted by molar-refractivity contribution is 5.58. The molecule has 1 aliphatic heterocycles. The van der Waals surface area contributed by atoms with Crippen LogP contribution in [0, 0.1) is 0 Å². The van der Waals surface area contributed by atoms with Gasteiger partial charge < -0.3 is 15.1 Å². The van der Waals surface area contributed by atoms with E-state index in [0.717, 1.165) is 24.6 Å². The maximum absolute atomic E-state index is 4.51. The molecule has 0 radical (unpaired) electrons. The minimum Gasteiger partial charge on any atom is -0.373 e. The normalized spacial score (nSPS) is 20.3. The van der Waals surface area contributed by atoms with Gasteiger partial charge in [0.1, 0.15) is 18.0 Å². The van der Waals surface area contributed by atoms with Crippen molar-refractivity contribution in [1.29, 1.82) is 0 Å². The molecule has 5 nitrogen and oxygen atoms in total. The van der Waals surface area contributed by atoms with Crippen molar-refractivity contribution in [3.63, 3.8) is 0 Å². The summed E-state index contributed by atoms with van der Waals surface area (Å²) in [5.74, 6) is 2.02. The number of piperidine rings is 1. The highest BCUT2D eigenvalue weighted by atomic mass is 15.2. The second kappa shape index (κ2) is 6.19. The lowest BCUT2D eigenvalue weighted by molar-refractivity contribution is 0.247. The maximum atomic E-state index is 4.51. The van der Waals surface area contributed by atoms with E-state index in [1.807, 2.05) is 7.05 Å². The molecule has 1 fully saturated rings. The molecule has 1 aromatic rings. The Labute approximate surface area is 116 Å². The van der Waals surface area contributed by atoms with Crippen LogP contribution in [0.25, 0.3) is 0 Å². The van der Waals surface area contributed by atoms with Gasteiger partial charge in [-0.05, 0) is 32.9 Å². The summed E-state index contributed by atoms with van der Waals surface area (Å²) in [4.78, 5) is 13.6. The van der Waals surface area contributed by atoms with Gasteiger partial charge >= 0.3 is 0 Å². The van der Waals surface area contributed by atoms with E-state index in [2.05, 4.69) is 46.1 Å². The van der Waals surface area contributed by atoms with Crippen molar-refractivity contribution in [2.45, 2.75) is 32.2 Å². The van der Waals surface area contributed by atoms with Crippen LogP contribution in [0.4, 0.5) is 11.6 Å². The average molecular weight is 263 g/mol. The summed E-state index contributed by atoms with van der Waals surface area (Å²) in [6.45, 7) is 4.47. The van der Waals surface area contributed by atoms with Crippen LogP contribution in [0.2, 0.25) is 0 Å². The number of hydrogen-bond acceptors (Lipinski definition) is 5. The minimum absolute atomic E-state index is 0.545. The summed E-state index contributed by atoms with van der Waals surface area (Å²) in [7, 11) is 6.27. The lowest BCUT2D eigenvalue weighted by Crippen LogP contribution is -2.45. The topological polar surface area (TPSA) is 44.3 Å². The molecule has 19 heavy (non-hydrogen) atoms. The minimum atomic E-state index is 0.545. The van der Waals surface area contributed by atoms with Gasteiger partial charge in [0.15, 0.2) is 0 Å². The van der Waals surface area contributed by atoms with E-state index >= 15 is 0 Å². The molecule has 0 aliphatic carbocycles. The molecule has 1 aliphatic rings. The lowest BCUT2D eigenvalue weighted by atomic mass is 10.0. The van der Waals surface area contributed by atoms with Crippen LogP contribution in [0.5, 0.6) is 0 Å². The number of nitrogens with one attached hydrogen (secondary N) is 1. The molecular formula is C14H25N5. The van der Waals surface area contributed by atoms with Gasteiger partial charge in [-0.25, -0.2) is 9.97 Å². The first-order chi connectivity index (χ1) is 9.17. The molecule has 0 bridgehead atoms. The van der Waals surface area contributed by atoms with Crippen molar-refractivity contribution in [2.24, 2.45) is 0 Å². The Morgan fingerprint density at radius 1 is 1.47 bits per heavy atom. The zero-order valence-electron chi connectivity index (χ0n) is 12.5. The molecule has 1 saturated heterocycles. The molecule has 0 spiro atoms. The Hall–Kier alpha value is -1.36. The van der Waals surface area contributed by atoms with E-state index in [1.54, 1.807) is 6.33 Å². The Balaban J connectivity index is 2.25. The van der Waals surface area contributed by atoms with Crippen molar-refractivity contribution in [1.82, 2.24) is 14.9 Å². The Morgan fingerprint density at radius 2 is 2.26 bits per heavy atom. The third-order valence-electron chi connectivity index (χ3n) is 3.99. The molecule has 1 atom stereocenters. The van der Waals surface area contributed by atoms with E-state index in [0.29, 0.717) is 6.04 Å². The Morgan fingerprint density at radius 3 is 2.89 bits per heavy atom. The molecule has 0 amide bonds. The van der Waals surface area contributed by atoms with Crippen molar-refractivity contribution in [3.05, 3.63) is 11.9 Å². The van der Waals surface area contributed by atoms with E-state index in [4.69, 9.17) is 0 Å². The number of rotatable bonds is 4. The van der Waals surface area contributed by atoms with Gasteiger partial charge in [0.05, 0.1) is 0 Å². The van der Waals surface area contributed by atoms with Gasteiger partial charge in [0, 0.05) is 32.2 Å². The van der Waals surface area contributed by atoms with Crippen molar-refractivity contribution < 1.29 is 0 Å². The molecule has 2 rings (SSSR count). The molecule has 0 aromatic carbocycles. The molecule has 1 N–H and O–H groups in total. The van der Waals surface area contributed by atoms with Crippen molar-refractivity contribution in [2.75, 3.05) is 44.4 Å². The summed E-state index contributed by atoms with van der Waals surface area (Å²) < 4.78 is 0. The predicted molar refractivity (Wildman–Crippen MR) is 79.9 cm³/mol. The fourth-order valence-corrected chi connectivity index (χ4v) is 2.88. The third-order valence-corrected chi connectivity index (χ3v) is 3.99. The average Bonchev–Trinajstić information content (AvgIpc) is 2.45. The van der Waals surface area contributed by atoms with E-state index in [1.165, 1.54) is 24.9 Å². The van der Waals surface area contributed by atoms with Crippen molar-refractivity contribution in [3.8, 4) is 0 Å². The number of hydrogen-bond donors (Lipinski definition) is 1. The van der Waals surface area contributed by atoms with Crippen molar-refractivity contribution >= 4 is 11.6 Å².